The summed E-state index contributed by atoms with van der Waals surface area (Å²) >= 11 is 1.82. The van der Waals surface area contributed by atoms with E-state index < -0.39 is 0 Å². The maximum Gasteiger partial charge on any atom is 0.258 e. The zero-order valence-electron chi connectivity index (χ0n) is 11.8. The highest BCUT2D eigenvalue weighted by molar-refractivity contribution is 7.98. The summed E-state index contributed by atoms with van der Waals surface area (Å²) < 4.78 is 1.46. The summed E-state index contributed by atoms with van der Waals surface area (Å²) in [5.41, 5.74) is 5.75. The molecular formula is C11H18N8S. The number of nitrogen functional groups attached to an aromatic ring is 1. The molecule has 2 rings (SSSR count). The number of anilines is 2. The molecule has 2 aromatic heterocycles. The molecule has 108 valence electrons. The number of thioether (sulfide) groups is 1. The van der Waals surface area contributed by atoms with Gasteiger partial charge in [0.05, 0.1) is 0 Å². The molecule has 0 saturated heterocycles. The fourth-order valence-electron chi connectivity index (χ4n) is 1.62. The van der Waals surface area contributed by atoms with E-state index in [9.17, 15) is 0 Å². The van der Waals surface area contributed by atoms with Crippen LogP contribution >= 0.6 is 11.8 Å². The summed E-state index contributed by atoms with van der Waals surface area (Å²) in [7, 11) is 1.95. The lowest BCUT2D eigenvalue weighted by Crippen LogP contribution is -2.31. The van der Waals surface area contributed by atoms with Crippen molar-refractivity contribution in [1.82, 2.24) is 29.7 Å². The summed E-state index contributed by atoms with van der Waals surface area (Å²) in [4.78, 5) is 18.5. The first kappa shape index (κ1) is 14.5. The SMILES string of the molecule is CSCCC(C)N(C)c1nc(N)nc(-n2cncn2)n1. The maximum atomic E-state index is 5.75. The Morgan fingerprint density at radius 1 is 1.40 bits per heavy atom. The summed E-state index contributed by atoms with van der Waals surface area (Å²) in [5, 5.41) is 4.00. The molecule has 0 fully saturated rings. The van der Waals surface area contributed by atoms with Gasteiger partial charge in [-0.15, -0.1) is 0 Å². The van der Waals surface area contributed by atoms with Gasteiger partial charge in [-0.3, -0.25) is 0 Å². The lowest BCUT2D eigenvalue weighted by atomic mass is 10.2. The zero-order chi connectivity index (χ0) is 14.5. The van der Waals surface area contributed by atoms with Crippen LogP contribution in [0.15, 0.2) is 12.7 Å². The van der Waals surface area contributed by atoms with Crippen LogP contribution in [0.5, 0.6) is 0 Å². The Kier molecular flexibility index (Phi) is 4.72. The van der Waals surface area contributed by atoms with Crippen molar-refractivity contribution in [2.75, 3.05) is 29.7 Å². The predicted octanol–water partition coefficient (Wildman–Crippen LogP) is 0.612. The standard InChI is InChI=1S/C11H18N8S/c1-8(4-5-20-3)18(2)10-15-9(12)16-11(17-10)19-7-13-6-14-19/h6-8H,4-5H2,1-3H3,(H2,12,15,16,17). The molecule has 2 heterocycles. The highest BCUT2D eigenvalue weighted by Gasteiger charge is 2.15. The number of nitrogens with two attached hydrogens (primary N) is 1. The Balaban J connectivity index is 2.23. The van der Waals surface area contributed by atoms with Gasteiger partial charge in [0.15, 0.2) is 0 Å². The second kappa shape index (κ2) is 6.51. The van der Waals surface area contributed by atoms with Crippen molar-refractivity contribution in [3.05, 3.63) is 12.7 Å². The Morgan fingerprint density at radius 2 is 2.20 bits per heavy atom. The van der Waals surface area contributed by atoms with Gasteiger partial charge in [-0.05, 0) is 25.4 Å². The number of hydrogen-bond donors (Lipinski definition) is 1. The van der Waals surface area contributed by atoms with Crippen LogP contribution in [0.2, 0.25) is 0 Å². The Labute approximate surface area is 121 Å². The van der Waals surface area contributed by atoms with E-state index in [1.54, 1.807) is 0 Å². The van der Waals surface area contributed by atoms with Crippen molar-refractivity contribution >= 4 is 23.7 Å². The second-order valence-electron chi connectivity index (χ2n) is 4.38. The Hall–Kier alpha value is -1.90. The van der Waals surface area contributed by atoms with Gasteiger partial charge in [0.25, 0.3) is 5.95 Å². The molecule has 0 bridgehead atoms. The molecule has 0 spiro atoms. The first-order valence-electron chi connectivity index (χ1n) is 6.20. The van der Waals surface area contributed by atoms with Crippen molar-refractivity contribution in [3.63, 3.8) is 0 Å². The maximum absolute atomic E-state index is 5.75. The molecule has 0 aliphatic heterocycles. The molecule has 1 atom stereocenters. The van der Waals surface area contributed by atoms with Crippen molar-refractivity contribution in [1.29, 1.82) is 0 Å². The first-order chi connectivity index (χ1) is 9.61. The average Bonchev–Trinajstić information content (AvgIpc) is 2.97. The van der Waals surface area contributed by atoms with Crippen LogP contribution in [-0.2, 0) is 0 Å². The van der Waals surface area contributed by atoms with Gasteiger partial charge in [-0.1, -0.05) is 0 Å². The van der Waals surface area contributed by atoms with E-state index in [2.05, 4.69) is 38.2 Å². The van der Waals surface area contributed by atoms with E-state index in [1.807, 2.05) is 23.7 Å². The summed E-state index contributed by atoms with van der Waals surface area (Å²) in [5.74, 6) is 2.16. The molecule has 20 heavy (non-hydrogen) atoms. The van der Waals surface area contributed by atoms with Gasteiger partial charge < -0.3 is 10.6 Å². The van der Waals surface area contributed by atoms with Crippen LogP contribution in [-0.4, -0.2) is 54.8 Å². The minimum Gasteiger partial charge on any atom is -0.368 e. The van der Waals surface area contributed by atoms with Gasteiger partial charge in [0.1, 0.15) is 12.7 Å². The average molecular weight is 294 g/mol. The lowest BCUT2D eigenvalue weighted by molar-refractivity contribution is 0.648. The van der Waals surface area contributed by atoms with Crippen molar-refractivity contribution < 1.29 is 0 Å². The van der Waals surface area contributed by atoms with E-state index in [-0.39, 0.29) is 5.95 Å². The number of rotatable bonds is 6. The number of hydrogen-bond acceptors (Lipinski definition) is 8. The van der Waals surface area contributed by atoms with E-state index >= 15 is 0 Å². The second-order valence-corrected chi connectivity index (χ2v) is 5.36. The lowest BCUT2D eigenvalue weighted by Gasteiger charge is -2.24. The van der Waals surface area contributed by atoms with Crippen LogP contribution in [0.1, 0.15) is 13.3 Å². The normalized spacial score (nSPS) is 12.3. The molecule has 9 heteroatoms. The minimum atomic E-state index is 0.171. The van der Waals surface area contributed by atoms with Crippen LogP contribution in [0.3, 0.4) is 0 Å². The quantitative estimate of drug-likeness (QED) is 0.827. The molecule has 0 saturated carbocycles. The Morgan fingerprint density at radius 3 is 2.85 bits per heavy atom. The molecule has 1 unspecified atom stereocenters. The van der Waals surface area contributed by atoms with E-state index in [1.165, 1.54) is 17.3 Å². The summed E-state index contributed by atoms with van der Waals surface area (Å²) in [6.45, 7) is 2.13. The smallest absolute Gasteiger partial charge is 0.258 e. The van der Waals surface area contributed by atoms with Gasteiger partial charge in [0.2, 0.25) is 11.9 Å². The number of aromatic nitrogens is 6. The van der Waals surface area contributed by atoms with Gasteiger partial charge in [-0.2, -0.15) is 36.5 Å². The zero-order valence-corrected chi connectivity index (χ0v) is 12.6. The molecule has 2 N–H and O–H groups in total. The minimum absolute atomic E-state index is 0.171. The Bertz CT molecular complexity index is 543. The van der Waals surface area contributed by atoms with E-state index in [4.69, 9.17) is 5.73 Å². The third kappa shape index (κ3) is 3.35. The van der Waals surface area contributed by atoms with Crippen LogP contribution in [0.4, 0.5) is 11.9 Å². The van der Waals surface area contributed by atoms with Crippen molar-refractivity contribution in [3.8, 4) is 5.95 Å². The summed E-state index contributed by atoms with van der Waals surface area (Å²) in [6, 6.07) is 0.313. The molecule has 8 nitrogen and oxygen atoms in total. The van der Waals surface area contributed by atoms with E-state index in [0.29, 0.717) is 17.9 Å². The van der Waals surface area contributed by atoms with Gasteiger partial charge >= 0.3 is 0 Å². The topological polar surface area (TPSA) is 98.6 Å². The molecule has 0 amide bonds. The van der Waals surface area contributed by atoms with Crippen LogP contribution < -0.4 is 10.6 Å². The third-order valence-corrected chi connectivity index (χ3v) is 3.61. The molecule has 0 aliphatic rings. The summed E-state index contributed by atoms with van der Waals surface area (Å²) in [6.07, 6.45) is 6.08. The molecule has 0 aromatic carbocycles. The predicted molar refractivity (Wildman–Crippen MR) is 80.0 cm³/mol. The highest BCUT2D eigenvalue weighted by Crippen LogP contribution is 2.15. The van der Waals surface area contributed by atoms with E-state index in [0.717, 1.165) is 12.2 Å². The fraction of sp³-hybridized carbons (Fsp3) is 0.545. The molecular weight excluding hydrogens is 276 g/mol. The van der Waals surface area contributed by atoms with Crippen LogP contribution in [0.25, 0.3) is 5.95 Å². The number of nitrogens with zero attached hydrogens (tertiary/aromatic N) is 7. The van der Waals surface area contributed by atoms with Gasteiger partial charge in [-0.25, -0.2) is 4.98 Å². The molecule has 2 aromatic rings. The van der Waals surface area contributed by atoms with Crippen molar-refractivity contribution in [2.45, 2.75) is 19.4 Å². The van der Waals surface area contributed by atoms with Crippen molar-refractivity contribution in [2.24, 2.45) is 0 Å². The largest absolute Gasteiger partial charge is 0.368 e. The fourth-order valence-corrected chi connectivity index (χ4v) is 2.20. The molecule has 0 aliphatic carbocycles. The first-order valence-corrected chi connectivity index (χ1v) is 7.59. The van der Waals surface area contributed by atoms with Crippen LogP contribution in [0, 0.1) is 0 Å². The third-order valence-electron chi connectivity index (χ3n) is 2.97. The molecule has 0 radical (unpaired) electrons. The monoisotopic (exact) mass is 294 g/mol. The van der Waals surface area contributed by atoms with Gasteiger partial charge in [0, 0.05) is 13.1 Å². The highest BCUT2D eigenvalue weighted by atomic mass is 32.2.